The molecule has 13 nitrogen and oxygen atoms in total. The molecule has 18 heteroatoms. The highest BCUT2D eigenvalue weighted by Crippen LogP contribution is 2.44. The van der Waals surface area contributed by atoms with Crippen LogP contribution in [0.25, 0.3) is 17.2 Å². The highest BCUT2D eigenvalue weighted by Gasteiger charge is 2.45. The maximum absolute atomic E-state index is 14.5. The minimum absolute atomic E-state index is 0.0350. The number of hydrogen-bond donors (Lipinski definition) is 3. The molecule has 1 saturated heterocycles. The van der Waals surface area contributed by atoms with E-state index in [0.717, 1.165) is 22.7 Å². The van der Waals surface area contributed by atoms with Crippen LogP contribution < -0.4 is 10.9 Å². The second-order valence-corrected chi connectivity index (χ2v) is 15.8. The topological polar surface area (TPSA) is 176 Å². The van der Waals surface area contributed by atoms with E-state index in [1.165, 1.54) is 36.7 Å². The van der Waals surface area contributed by atoms with Crippen LogP contribution in [0, 0.1) is 4.78 Å². The Morgan fingerprint density at radius 3 is 2.45 bits per heavy atom. The van der Waals surface area contributed by atoms with Crippen molar-refractivity contribution in [1.29, 1.82) is 4.78 Å². The van der Waals surface area contributed by atoms with Gasteiger partial charge in [0.15, 0.2) is 11.5 Å². The van der Waals surface area contributed by atoms with E-state index >= 15 is 0 Å². The Balaban J connectivity index is 1.29. The van der Waals surface area contributed by atoms with E-state index in [2.05, 4.69) is 20.4 Å². The number of halogens is 4. The van der Waals surface area contributed by atoms with E-state index in [-0.39, 0.29) is 46.8 Å². The maximum atomic E-state index is 14.5. The van der Waals surface area contributed by atoms with Gasteiger partial charge < -0.3 is 19.9 Å². The first-order chi connectivity index (χ1) is 25.1. The van der Waals surface area contributed by atoms with Gasteiger partial charge in [-0.15, -0.1) is 5.10 Å². The summed E-state index contributed by atoms with van der Waals surface area (Å²) in [4.78, 5) is 52.0. The minimum atomic E-state index is -4.63. The van der Waals surface area contributed by atoms with Gasteiger partial charge in [0.05, 0.1) is 26.0 Å². The first-order valence-corrected chi connectivity index (χ1v) is 18.9. The van der Waals surface area contributed by atoms with Gasteiger partial charge >= 0.3 is 6.18 Å². The average molecular weight is 769 g/mol. The number of piperidine rings is 1. The summed E-state index contributed by atoms with van der Waals surface area (Å²) in [5.74, 6) is -1.13. The zero-order valence-electron chi connectivity index (χ0n) is 28.1. The molecule has 0 radical (unpaired) electrons. The smallest absolute Gasteiger partial charge is 0.416 e. The van der Waals surface area contributed by atoms with Crippen molar-refractivity contribution in [3.8, 4) is 17.1 Å². The maximum Gasteiger partial charge on any atom is 0.416 e. The lowest BCUT2D eigenvalue weighted by Crippen LogP contribution is -2.50. The largest absolute Gasteiger partial charge is 0.505 e. The summed E-state index contributed by atoms with van der Waals surface area (Å²) in [7, 11) is -3.00. The predicted octanol–water partition coefficient (Wildman–Crippen LogP) is 5.52. The SMILES string of the molecule is CS(=N)(=O)c1ccc(-c2nc3n(CC(=O)Nc4ccc(C(F)(F)F)cc4Cl)c4c(c(=O)n3n2)C2(CCC4)CCN(C(=O)c3ncccc3O)CC2)cc1. The molecule has 1 aliphatic carbocycles. The first kappa shape index (κ1) is 36.1. The predicted molar refractivity (Wildman–Crippen MR) is 188 cm³/mol. The summed E-state index contributed by atoms with van der Waals surface area (Å²) in [5.41, 5.74) is -0.743. The molecule has 0 bridgehead atoms. The number of anilines is 1. The molecule has 276 valence electrons. The van der Waals surface area contributed by atoms with Gasteiger partial charge in [-0.1, -0.05) is 11.6 Å². The lowest BCUT2D eigenvalue weighted by molar-refractivity contribution is -0.137. The van der Waals surface area contributed by atoms with Gasteiger partial charge in [-0.3, -0.25) is 14.4 Å². The van der Waals surface area contributed by atoms with Crippen LogP contribution in [0.5, 0.6) is 5.75 Å². The van der Waals surface area contributed by atoms with Crippen molar-refractivity contribution in [3.63, 3.8) is 0 Å². The van der Waals surface area contributed by atoms with E-state index in [9.17, 15) is 36.9 Å². The van der Waals surface area contributed by atoms with Crippen molar-refractivity contribution in [2.75, 3.05) is 24.7 Å². The number of nitrogens with zero attached hydrogens (tertiary/aromatic N) is 6. The fraction of sp³-hybridized carbons (Fsp3) is 0.314. The van der Waals surface area contributed by atoms with Crippen molar-refractivity contribution in [2.45, 2.75) is 55.1 Å². The van der Waals surface area contributed by atoms with Crippen molar-refractivity contribution in [1.82, 2.24) is 29.0 Å². The minimum Gasteiger partial charge on any atom is -0.505 e. The first-order valence-electron chi connectivity index (χ1n) is 16.5. The molecule has 1 atom stereocenters. The quantitative estimate of drug-likeness (QED) is 0.203. The monoisotopic (exact) mass is 768 g/mol. The van der Waals surface area contributed by atoms with Crippen LogP contribution in [0.2, 0.25) is 5.02 Å². The van der Waals surface area contributed by atoms with Crippen LogP contribution in [-0.2, 0) is 39.1 Å². The number of rotatable bonds is 6. The molecule has 1 spiro atoms. The summed E-state index contributed by atoms with van der Waals surface area (Å²) >= 11 is 6.14. The van der Waals surface area contributed by atoms with Gasteiger partial charge in [-0.25, -0.2) is 14.0 Å². The number of pyridine rings is 1. The second-order valence-electron chi connectivity index (χ2n) is 13.3. The van der Waals surface area contributed by atoms with Crippen LogP contribution in [-0.4, -0.2) is 69.5 Å². The number of aromatic hydroxyl groups is 1. The Morgan fingerprint density at radius 1 is 1.09 bits per heavy atom. The standard InChI is InChI=1S/C35H32ClF3N8O5S/c1-53(40,52)22-9-6-20(7-10-22)30-43-33-46(19-27(49)42-24-11-8-21(18-23(24)36)35(37,38)39)25-4-2-12-34(28(25)31(50)47(33)44-30)13-16-45(17-14-34)32(51)29-26(48)5-3-15-41-29/h3,5-11,15,18,40,48H,2,4,12-14,16-17,19H2,1H3,(H,42,49). The summed E-state index contributed by atoms with van der Waals surface area (Å²) in [6, 6.07) is 11.7. The van der Waals surface area contributed by atoms with E-state index in [1.807, 2.05) is 0 Å². The number of likely N-dealkylation sites (tertiary alicyclic amines) is 1. The average Bonchev–Trinajstić information content (AvgIpc) is 3.57. The van der Waals surface area contributed by atoms with E-state index < -0.39 is 50.8 Å². The number of benzene rings is 2. The fourth-order valence-electron chi connectivity index (χ4n) is 7.24. The molecule has 1 aliphatic heterocycles. The molecule has 1 fully saturated rings. The number of alkyl halides is 3. The van der Waals surface area contributed by atoms with E-state index in [1.54, 1.807) is 21.6 Å². The molecule has 2 aliphatic rings. The second kappa shape index (κ2) is 13.3. The number of nitrogens with one attached hydrogen (secondary N) is 2. The molecular weight excluding hydrogens is 737 g/mol. The van der Waals surface area contributed by atoms with Gasteiger partial charge in [-0.2, -0.15) is 22.7 Å². The molecule has 4 heterocycles. The van der Waals surface area contributed by atoms with Crippen molar-refractivity contribution >= 4 is 44.6 Å². The molecular formula is C35H32ClF3N8O5S. The number of amides is 2. The zero-order chi connectivity index (χ0) is 37.9. The normalized spacial score (nSPS) is 16.7. The molecule has 0 saturated carbocycles. The molecule has 7 rings (SSSR count). The Labute approximate surface area is 305 Å². The van der Waals surface area contributed by atoms with Gasteiger partial charge in [0.25, 0.3) is 11.5 Å². The van der Waals surface area contributed by atoms with Crippen LogP contribution in [0.15, 0.2) is 70.5 Å². The number of hydrogen-bond acceptors (Lipinski definition) is 9. The molecule has 3 N–H and O–H groups in total. The van der Waals surface area contributed by atoms with Gasteiger partial charge in [0, 0.05) is 52.7 Å². The lowest BCUT2D eigenvalue weighted by atomic mass is 9.66. The summed E-state index contributed by atoms with van der Waals surface area (Å²) in [5, 5.41) is 17.1. The number of aromatic nitrogens is 5. The number of carbonyl (C=O) groups is 2. The summed E-state index contributed by atoms with van der Waals surface area (Å²) < 4.78 is 62.6. The summed E-state index contributed by atoms with van der Waals surface area (Å²) in [6.45, 7) is 0.144. The van der Waals surface area contributed by atoms with Crippen molar-refractivity contribution in [2.24, 2.45) is 0 Å². The van der Waals surface area contributed by atoms with Gasteiger partial charge in [0.1, 0.15) is 12.3 Å². The summed E-state index contributed by atoms with van der Waals surface area (Å²) in [6.07, 6.45) is 0.571. The fourth-order valence-corrected chi connectivity index (χ4v) is 8.12. The van der Waals surface area contributed by atoms with Crippen LogP contribution in [0.1, 0.15) is 53.0 Å². The third-order valence-electron chi connectivity index (χ3n) is 9.88. The molecule has 1 unspecified atom stereocenters. The van der Waals surface area contributed by atoms with Gasteiger partial charge in [0.2, 0.25) is 11.7 Å². The molecule has 2 aromatic carbocycles. The Hall–Kier alpha value is -5.29. The third-order valence-corrected chi connectivity index (χ3v) is 11.4. The van der Waals surface area contributed by atoms with Crippen molar-refractivity contribution < 1.29 is 32.1 Å². The van der Waals surface area contributed by atoms with E-state index in [0.29, 0.717) is 53.8 Å². The van der Waals surface area contributed by atoms with E-state index in [4.69, 9.17) is 16.4 Å². The Morgan fingerprint density at radius 2 is 1.81 bits per heavy atom. The van der Waals surface area contributed by atoms with Crippen LogP contribution in [0.3, 0.4) is 0 Å². The Bertz CT molecular complexity index is 2460. The number of carbonyl (C=O) groups excluding carboxylic acids is 2. The molecule has 3 aromatic heterocycles. The lowest BCUT2D eigenvalue weighted by Gasteiger charge is -2.45. The van der Waals surface area contributed by atoms with Crippen molar-refractivity contribution in [3.05, 3.63) is 98.7 Å². The van der Waals surface area contributed by atoms with Gasteiger partial charge in [-0.05, 0) is 86.7 Å². The Kier molecular flexibility index (Phi) is 9.05. The molecule has 53 heavy (non-hydrogen) atoms. The number of fused-ring (bicyclic) bond motifs is 3. The highest BCUT2D eigenvalue weighted by atomic mass is 35.5. The molecule has 5 aromatic rings. The van der Waals surface area contributed by atoms with Crippen LogP contribution in [0.4, 0.5) is 18.9 Å². The molecule has 2 amide bonds. The zero-order valence-corrected chi connectivity index (χ0v) is 29.7. The highest BCUT2D eigenvalue weighted by molar-refractivity contribution is 7.91. The van der Waals surface area contributed by atoms with Crippen LogP contribution >= 0.6 is 11.6 Å². The third kappa shape index (κ3) is 6.74.